The Morgan fingerprint density at radius 3 is 2.47 bits per heavy atom. The van der Waals surface area contributed by atoms with E-state index >= 15 is 0 Å². The highest BCUT2D eigenvalue weighted by molar-refractivity contribution is 7.05. The molecule has 0 amide bonds. The van der Waals surface area contributed by atoms with Gasteiger partial charge in [-0.05, 0) is 36.2 Å². The van der Waals surface area contributed by atoms with Gasteiger partial charge in [0.2, 0.25) is 0 Å². The van der Waals surface area contributed by atoms with Crippen molar-refractivity contribution >= 4 is 11.5 Å². The molecule has 1 aromatic carbocycles. The van der Waals surface area contributed by atoms with Crippen LogP contribution in [0.15, 0.2) is 18.2 Å². The van der Waals surface area contributed by atoms with E-state index in [0.717, 1.165) is 17.6 Å². The number of aliphatic hydroxyl groups is 1. The topological polar surface area (TPSA) is 46.0 Å². The van der Waals surface area contributed by atoms with Crippen molar-refractivity contribution < 1.29 is 13.9 Å². The standard InChI is InChI=1S/C11H10F2N2OS/c1-6-11(17-15-14-6)10(16)4-7-2-8(12)5-9(13)3-7/h2-3,5,10,16H,4H2,1H3. The van der Waals surface area contributed by atoms with Crippen LogP contribution in [0.4, 0.5) is 8.78 Å². The lowest BCUT2D eigenvalue weighted by Gasteiger charge is -2.08. The van der Waals surface area contributed by atoms with Gasteiger partial charge in [-0.2, -0.15) is 0 Å². The van der Waals surface area contributed by atoms with Crippen LogP contribution in [-0.4, -0.2) is 14.7 Å². The minimum absolute atomic E-state index is 0.138. The van der Waals surface area contributed by atoms with Crippen LogP contribution in [0.3, 0.4) is 0 Å². The molecule has 1 aromatic heterocycles. The van der Waals surface area contributed by atoms with Gasteiger partial charge in [0, 0.05) is 12.5 Å². The first-order chi connectivity index (χ1) is 8.06. The van der Waals surface area contributed by atoms with E-state index in [4.69, 9.17) is 0 Å². The predicted molar refractivity (Wildman–Crippen MR) is 59.7 cm³/mol. The number of aliphatic hydroxyl groups excluding tert-OH is 1. The monoisotopic (exact) mass is 256 g/mol. The molecule has 3 nitrogen and oxygen atoms in total. The van der Waals surface area contributed by atoms with Crippen molar-refractivity contribution in [2.75, 3.05) is 0 Å². The van der Waals surface area contributed by atoms with E-state index < -0.39 is 17.7 Å². The molecule has 6 heteroatoms. The average molecular weight is 256 g/mol. The summed E-state index contributed by atoms with van der Waals surface area (Å²) in [6.07, 6.45) is -0.699. The molecule has 1 N–H and O–H groups in total. The van der Waals surface area contributed by atoms with Crippen molar-refractivity contribution in [3.63, 3.8) is 0 Å². The highest BCUT2D eigenvalue weighted by Crippen LogP contribution is 2.24. The minimum atomic E-state index is -0.837. The van der Waals surface area contributed by atoms with E-state index in [-0.39, 0.29) is 6.42 Å². The number of hydrogen-bond acceptors (Lipinski definition) is 4. The molecule has 0 radical (unpaired) electrons. The number of nitrogens with zero attached hydrogens (tertiary/aromatic N) is 2. The summed E-state index contributed by atoms with van der Waals surface area (Å²) in [6, 6.07) is 3.21. The van der Waals surface area contributed by atoms with Crippen molar-refractivity contribution in [2.24, 2.45) is 0 Å². The maximum Gasteiger partial charge on any atom is 0.126 e. The molecule has 0 fully saturated rings. The molecular weight excluding hydrogens is 246 g/mol. The first-order valence-corrected chi connectivity index (χ1v) is 5.75. The summed E-state index contributed by atoms with van der Waals surface area (Å²) >= 11 is 1.09. The lowest BCUT2D eigenvalue weighted by Crippen LogP contribution is -2.02. The molecule has 0 saturated carbocycles. The smallest absolute Gasteiger partial charge is 0.126 e. The quantitative estimate of drug-likeness (QED) is 0.917. The Kier molecular flexibility index (Phi) is 3.44. The second-order valence-corrected chi connectivity index (χ2v) is 4.51. The van der Waals surface area contributed by atoms with Gasteiger partial charge in [0.1, 0.15) is 11.6 Å². The van der Waals surface area contributed by atoms with Crippen LogP contribution in [0.2, 0.25) is 0 Å². The Morgan fingerprint density at radius 2 is 1.94 bits per heavy atom. The Bertz CT molecular complexity index is 510. The van der Waals surface area contributed by atoms with Crippen molar-refractivity contribution in [2.45, 2.75) is 19.4 Å². The van der Waals surface area contributed by atoms with Gasteiger partial charge in [-0.3, -0.25) is 0 Å². The molecule has 2 rings (SSSR count). The van der Waals surface area contributed by atoms with Gasteiger partial charge in [0.05, 0.1) is 16.7 Å². The van der Waals surface area contributed by atoms with Crippen LogP contribution in [0.25, 0.3) is 0 Å². The lowest BCUT2D eigenvalue weighted by atomic mass is 10.1. The van der Waals surface area contributed by atoms with Crippen molar-refractivity contribution in [3.8, 4) is 0 Å². The fourth-order valence-corrected chi connectivity index (χ4v) is 2.22. The van der Waals surface area contributed by atoms with Gasteiger partial charge in [0.25, 0.3) is 0 Å². The van der Waals surface area contributed by atoms with E-state index in [1.807, 2.05) is 0 Å². The third-order valence-corrected chi connectivity index (χ3v) is 3.27. The Hall–Kier alpha value is -1.40. The molecule has 1 atom stereocenters. The van der Waals surface area contributed by atoms with Crippen molar-refractivity contribution in [3.05, 3.63) is 46.0 Å². The second-order valence-electron chi connectivity index (χ2n) is 3.72. The third-order valence-electron chi connectivity index (χ3n) is 2.34. The molecule has 0 aliphatic carbocycles. The first kappa shape index (κ1) is 12.1. The summed E-state index contributed by atoms with van der Waals surface area (Å²) in [4.78, 5) is 0.620. The molecular formula is C11H10F2N2OS. The predicted octanol–water partition coefficient (Wildman–Crippen LogP) is 2.40. The number of hydrogen-bond donors (Lipinski definition) is 1. The third kappa shape index (κ3) is 2.83. The molecule has 0 aliphatic rings. The van der Waals surface area contributed by atoms with E-state index in [1.165, 1.54) is 12.1 Å². The van der Waals surface area contributed by atoms with Gasteiger partial charge >= 0.3 is 0 Å². The first-order valence-electron chi connectivity index (χ1n) is 4.98. The fourth-order valence-electron chi connectivity index (χ4n) is 1.59. The molecule has 0 saturated heterocycles. The minimum Gasteiger partial charge on any atom is -0.387 e. The summed E-state index contributed by atoms with van der Waals surface area (Å²) in [6.45, 7) is 1.73. The highest BCUT2D eigenvalue weighted by Gasteiger charge is 2.15. The molecule has 1 heterocycles. The lowest BCUT2D eigenvalue weighted by molar-refractivity contribution is 0.181. The van der Waals surface area contributed by atoms with Crippen LogP contribution in [0.1, 0.15) is 22.2 Å². The van der Waals surface area contributed by atoms with Crippen molar-refractivity contribution in [1.29, 1.82) is 0 Å². The zero-order chi connectivity index (χ0) is 12.4. The zero-order valence-electron chi connectivity index (χ0n) is 9.02. The van der Waals surface area contributed by atoms with Crippen LogP contribution in [-0.2, 0) is 6.42 Å². The molecule has 0 aliphatic heterocycles. The molecule has 90 valence electrons. The zero-order valence-corrected chi connectivity index (χ0v) is 9.84. The SMILES string of the molecule is Cc1nnsc1C(O)Cc1cc(F)cc(F)c1. The van der Waals surface area contributed by atoms with Crippen LogP contribution in [0.5, 0.6) is 0 Å². The second kappa shape index (κ2) is 4.85. The number of aromatic nitrogens is 2. The van der Waals surface area contributed by atoms with Gasteiger partial charge in [0.15, 0.2) is 0 Å². The summed E-state index contributed by atoms with van der Waals surface area (Å²) in [7, 11) is 0. The van der Waals surface area contributed by atoms with Crippen molar-refractivity contribution in [1.82, 2.24) is 9.59 Å². The molecule has 0 bridgehead atoms. The summed E-state index contributed by atoms with van der Waals surface area (Å²) in [5.74, 6) is -1.29. The molecule has 2 aromatic rings. The molecule has 0 spiro atoms. The van der Waals surface area contributed by atoms with E-state index in [1.54, 1.807) is 6.92 Å². The summed E-state index contributed by atoms with van der Waals surface area (Å²) < 4.78 is 29.6. The Morgan fingerprint density at radius 1 is 1.29 bits per heavy atom. The highest BCUT2D eigenvalue weighted by atomic mass is 32.1. The number of halogens is 2. The van der Waals surface area contributed by atoms with Gasteiger partial charge in [-0.25, -0.2) is 8.78 Å². The van der Waals surface area contributed by atoms with E-state index in [0.29, 0.717) is 16.1 Å². The average Bonchev–Trinajstić information content (AvgIpc) is 2.62. The summed E-state index contributed by atoms with van der Waals surface area (Å²) in [5.41, 5.74) is 1.04. The normalized spacial score (nSPS) is 12.7. The van der Waals surface area contributed by atoms with Gasteiger partial charge in [-0.15, -0.1) is 5.10 Å². The maximum absolute atomic E-state index is 13.0. The van der Waals surface area contributed by atoms with Crippen LogP contribution < -0.4 is 0 Å². The molecule has 17 heavy (non-hydrogen) atoms. The maximum atomic E-state index is 13.0. The largest absolute Gasteiger partial charge is 0.387 e. The Labute approximate surface area is 101 Å². The van der Waals surface area contributed by atoms with Gasteiger partial charge < -0.3 is 5.11 Å². The van der Waals surface area contributed by atoms with E-state index in [9.17, 15) is 13.9 Å². The van der Waals surface area contributed by atoms with Gasteiger partial charge in [-0.1, -0.05) is 4.49 Å². The van der Waals surface area contributed by atoms with Crippen LogP contribution >= 0.6 is 11.5 Å². The molecule has 1 unspecified atom stereocenters. The fraction of sp³-hybridized carbons (Fsp3) is 0.273. The Balaban J connectivity index is 2.18. The number of benzene rings is 1. The number of aryl methyl sites for hydroxylation is 1. The van der Waals surface area contributed by atoms with Crippen LogP contribution in [0, 0.1) is 18.6 Å². The van der Waals surface area contributed by atoms with E-state index in [2.05, 4.69) is 9.59 Å². The number of rotatable bonds is 3. The summed E-state index contributed by atoms with van der Waals surface area (Å²) in [5, 5.41) is 13.7.